The smallest absolute Gasteiger partial charge is 0.323 e. The molecule has 0 spiro atoms. The Morgan fingerprint density at radius 1 is 1.50 bits per heavy atom. The van der Waals surface area contributed by atoms with E-state index >= 15 is 0 Å². The molecule has 1 unspecified atom stereocenters. The molecule has 0 saturated heterocycles. The highest BCUT2D eigenvalue weighted by Crippen LogP contribution is 2.29. The van der Waals surface area contributed by atoms with Gasteiger partial charge in [-0.15, -0.1) is 0 Å². The molecule has 0 aromatic rings. The van der Waals surface area contributed by atoms with Crippen molar-refractivity contribution in [3.63, 3.8) is 0 Å². The highest BCUT2D eigenvalue weighted by molar-refractivity contribution is 7.98. The van der Waals surface area contributed by atoms with Gasteiger partial charge in [0.05, 0.1) is 0 Å². The quantitative estimate of drug-likeness (QED) is 0.703. The van der Waals surface area contributed by atoms with Crippen LogP contribution < -0.4 is 5.32 Å². The molecule has 1 saturated carbocycles. The SMILES string of the molecule is CSCC(C)CNC(=O)N(CC(=O)O)CC1CC1. The molecule has 6 heteroatoms. The Kier molecular flexibility index (Phi) is 6.32. The van der Waals surface area contributed by atoms with Gasteiger partial charge in [0, 0.05) is 13.1 Å². The van der Waals surface area contributed by atoms with Crippen LogP contribution in [0, 0.1) is 11.8 Å². The van der Waals surface area contributed by atoms with Gasteiger partial charge in [0.2, 0.25) is 0 Å². The van der Waals surface area contributed by atoms with E-state index in [0.717, 1.165) is 18.6 Å². The van der Waals surface area contributed by atoms with Crippen molar-refractivity contribution in [3.8, 4) is 0 Å². The summed E-state index contributed by atoms with van der Waals surface area (Å²) in [5.74, 6) is 0.931. The maximum absolute atomic E-state index is 11.9. The van der Waals surface area contributed by atoms with Crippen molar-refractivity contribution in [3.05, 3.63) is 0 Å². The van der Waals surface area contributed by atoms with E-state index in [0.29, 0.717) is 24.9 Å². The minimum absolute atomic E-state index is 0.209. The van der Waals surface area contributed by atoms with Crippen molar-refractivity contribution in [2.75, 3.05) is 31.6 Å². The normalized spacial score (nSPS) is 16.1. The van der Waals surface area contributed by atoms with Gasteiger partial charge in [-0.25, -0.2) is 4.79 Å². The lowest BCUT2D eigenvalue weighted by molar-refractivity contribution is -0.137. The van der Waals surface area contributed by atoms with E-state index in [1.54, 1.807) is 11.8 Å². The lowest BCUT2D eigenvalue weighted by Gasteiger charge is -2.22. The van der Waals surface area contributed by atoms with E-state index in [2.05, 4.69) is 12.2 Å². The average molecular weight is 274 g/mol. The molecule has 5 nitrogen and oxygen atoms in total. The number of nitrogens with one attached hydrogen (secondary N) is 1. The van der Waals surface area contributed by atoms with Crippen LogP contribution in [-0.4, -0.2) is 53.6 Å². The fourth-order valence-electron chi connectivity index (χ4n) is 1.71. The van der Waals surface area contributed by atoms with E-state index < -0.39 is 5.97 Å². The second-order valence-corrected chi connectivity index (χ2v) is 5.87. The van der Waals surface area contributed by atoms with Crippen molar-refractivity contribution < 1.29 is 14.7 Å². The van der Waals surface area contributed by atoms with Gasteiger partial charge < -0.3 is 15.3 Å². The van der Waals surface area contributed by atoms with Gasteiger partial charge in [0.1, 0.15) is 6.54 Å². The van der Waals surface area contributed by atoms with Crippen molar-refractivity contribution in [2.24, 2.45) is 11.8 Å². The molecule has 0 heterocycles. The topological polar surface area (TPSA) is 69.6 Å². The maximum atomic E-state index is 11.9. The monoisotopic (exact) mass is 274 g/mol. The number of carboxylic acid groups (broad SMARTS) is 1. The minimum Gasteiger partial charge on any atom is -0.480 e. The first kappa shape index (κ1) is 15.1. The van der Waals surface area contributed by atoms with E-state index in [-0.39, 0.29) is 12.6 Å². The number of nitrogens with zero attached hydrogens (tertiary/aromatic N) is 1. The zero-order valence-corrected chi connectivity index (χ0v) is 11.8. The lowest BCUT2D eigenvalue weighted by atomic mass is 10.2. The summed E-state index contributed by atoms with van der Waals surface area (Å²) in [6.45, 7) is 3.02. The maximum Gasteiger partial charge on any atom is 0.323 e. The summed E-state index contributed by atoms with van der Waals surface area (Å²) in [7, 11) is 0. The average Bonchev–Trinajstić information content (AvgIpc) is 3.08. The van der Waals surface area contributed by atoms with Crippen LogP contribution in [0.2, 0.25) is 0 Å². The molecule has 0 bridgehead atoms. The third-order valence-electron chi connectivity index (χ3n) is 2.84. The van der Waals surface area contributed by atoms with Gasteiger partial charge in [0.15, 0.2) is 0 Å². The van der Waals surface area contributed by atoms with Crippen LogP contribution in [0.15, 0.2) is 0 Å². The number of carboxylic acids is 1. The van der Waals surface area contributed by atoms with Crippen LogP contribution in [0.25, 0.3) is 0 Å². The van der Waals surface area contributed by atoms with Crippen LogP contribution in [-0.2, 0) is 4.79 Å². The summed E-state index contributed by atoms with van der Waals surface area (Å²) < 4.78 is 0. The summed E-state index contributed by atoms with van der Waals surface area (Å²) >= 11 is 1.74. The number of amides is 2. The number of urea groups is 1. The molecule has 0 aromatic carbocycles. The molecular weight excluding hydrogens is 252 g/mol. The van der Waals surface area contributed by atoms with Gasteiger partial charge in [-0.05, 0) is 36.7 Å². The highest BCUT2D eigenvalue weighted by Gasteiger charge is 2.27. The van der Waals surface area contributed by atoms with Gasteiger partial charge >= 0.3 is 12.0 Å². The first-order valence-corrected chi connectivity index (χ1v) is 7.65. The minimum atomic E-state index is -0.956. The lowest BCUT2D eigenvalue weighted by Crippen LogP contribution is -2.45. The van der Waals surface area contributed by atoms with Crippen LogP contribution in [0.3, 0.4) is 0 Å². The van der Waals surface area contributed by atoms with Crippen molar-refractivity contribution >= 4 is 23.8 Å². The van der Waals surface area contributed by atoms with Gasteiger partial charge in [0.25, 0.3) is 0 Å². The summed E-state index contributed by atoms with van der Waals surface area (Å²) in [6.07, 6.45) is 4.24. The number of hydrogen-bond acceptors (Lipinski definition) is 3. The van der Waals surface area contributed by atoms with E-state index in [1.165, 1.54) is 4.90 Å². The van der Waals surface area contributed by atoms with Crippen molar-refractivity contribution in [1.82, 2.24) is 10.2 Å². The van der Waals surface area contributed by atoms with Crippen LogP contribution in [0.5, 0.6) is 0 Å². The largest absolute Gasteiger partial charge is 0.480 e. The van der Waals surface area contributed by atoms with Gasteiger partial charge in [-0.3, -0.25) is 4.79 Å². The Bertz CT molecular complexity index is 295. The molecular formula is C12H22N2O3S. The Hall–Kier alpha value is -0.910. The number of thioether (sulfide) groups is 1. The standard InChI is InChI=1S/C12H22N2O3S/c1-9(8-18-2)5-13-12(17)14(7-11(15)16)6-10-3-4-10/h9-10H,3-8H2,1-2H3,(H,13,17)(H,15,16). The first-order valence-electron chi connectivity index (χ1n) is 6.26. The number of rotatable bonds is 8. The summed E-state index contributed by atoms with van der Waals surface area (Å²) in [5, 5.41) is 11.6. The second-order valence-electron chi connectivity index (χ2n) is 4.96. The van der Waals surface area contributed by atoms with Gasteiger partial charge in [-0.1, -0.05) is 6.92 Å². The Morgan fingerprint density at radius 2 is 2.17 bits per heavy atom. The van der Waals surface area contributed by atoms with Crippen LogP contribution >= 0.6 is 11.8 Å². The highest BCUT2D eigenvalue weighted by atomic mass is 32.2. The summed E-state index contributed by atoms with van der Waals surface area (Å²) in [6, 6.07) is -0.253. The van der Waals surface area contributed by atoms with Crippen molar-refractivity contribution in [1.29, 1.82) is 0 Å². The molecule has 1 rings (SSSR count). The Morgan fingerprint density at radius 3 is 2.67 bits per heavy atom. The molecule has 1 atom stereocenters. The first-order chi connectivity index (χ1) is 8.52. The predicted octanol–water partition coefficient (Wildman–Crippen LogP) is 1.49. The fraction of sp³-hybridized carbons (Fsp3) is 0.833. The molecule has 2 N–H and O–H groups in total. The molecule has 0 aromatic heterocycles. The van der Waals surface area contributed by atoms with E-state index in [4.69, 9.17) is 5.11 Å². The number of carbonyl (C=O) groups is 2. The molecule has 1 fully saturated rings. The zero-order chi connectivity index (χ0) is 13.5. The molecule has 0 radical (unpaired) electrons. The van der Waals surface area contributed by atoms with Gasteiger partial charge in [-0.2, -0.15) is 11.8 Å². The Labute approximate surface area is 112 Å². The molecule has 2 amide bonds. The molecule has 0 aliphatic heterocycles. The number of aliphatic carboxylic acids is 1. The fourth-order valence-corrected chi connectivity index (χ4v) is 2.40. The van der Waals surface area contributed by atoms with Crippen molar-refractivity contribution in [2.45, 2.75) is 19.8 Å². The molecule has 1 aliphatic rings. The second kappa shape index (κ2) is 7.51. The van der Waals surface area contributed by atoms with E-state index in [1.807, 2.05) is 6.26 Å². The molecule has 1 aliphatic carbocycles. The number of carbonyl (C=O) groups excluding carboxylic acids is 1. The summed E-state index contributed by atoms with van der Waals surface area (Å²) in [4.78, 5) is 24.0. The van der Waals surface area contributed by atoms with E-state index in [9.17, 15) is 9.59 Å². The zero-order valence-electron chi connectivity index (χ0n) is 11.0. The third-order valence-corrected chi connectivity index (χ3v) is 3.74. The number of hydrogen-bond donors (Lipinski definition) is 2. The Balaban J connectivity index is 2.34. The third kappa shape index (κ3) is 6.14. The predicted molar refractivity (Wildman–Crippen MR) is 72.9 cm³/mol. The summed E-state index contributed by atoms with van der Waals surface area (Å²) in [5.41, 5.74) is 0. The molecule has 104 valence electrons. The van der Waals surface area contributed by atoms with Crippen LogP contribution in [0.1, 0.15) is 19.8 Å². The molecule has 18 heavy (non-hydrogen) atoms. The van der Waals surface area contributed by atoms with Crippen LogP contribution in [0.4, 0.5) is 4.79 Å².